The molecule has 0 aliphatic heterocycles. The molecule has 0 bridgehead atoms. The lowest BCUT2D eigenvalue weighted by molar-refractivity contribution is -0.115. The van der Waals surface area contributed by atoms with Crippen LogP contribution in [0.5, 0.6) is 5.75 Å². The lowest BCUT2D eigenvalue weighted by atomic mass is 10.1. The van der Waals surface area contributed by atoms with Gasteiger partial charge in [0.15, 0.2) is 0 Å². The molecule has 0 saturated heterocycles. The fourth-order valence-corrected chi connectivity index (χ4v) is 1.82. The molecule has 0 unspecified atom stereocenters. The fraction of sp³-hybridized carbons (Fsp3) is 0.118. The van der Waals surface area contributed by atoms with Crippen LogP contribution in [-0.4, -0.2) is 13.0 Å². The second-order valence-electron chi connectivity index (χ2n) is 4.30. The van der Waals surface area contributed by atoms with E-state index < -0.39 is 0 Å². The van der Waals surface area contributed by atoms with Gasteiger partial charge in [0.05, 0.1) is 13.5 Å². The van der Waals surface area contributed by atoms with Crippen LogP contribution < -0.4 is 10.1 Å². The fourth-order valence-electron chi connectivity index (χ4n) is 1.82. The van der Waals surface area contributed by atoms with Crippen LogP contribution in [0.4, 0.5) is 5.69 Å². The normalized spacial score (nSPS) is 9.60. The minimum Gasteiger partial charge on any atom is -0.497 e. The number of nitrogens with one attached hydrogen (secondary N) is 1. The number of anilines is 1. The maximum absolute atomic E-state index is 11.9. The van der Waals surface area contributed by atoms with E-state index in [1.165, 1.54) is 0 Å². The Balaban J connectivity index is 1.99. The number of hydrogen-bond donors (Lipinski definition) is 1. The molecule has 0 aromatic heterocycles. The molecule has 0 radical (unpaired) electrons. The van der Waals surface area contributed by atoms with Crippen molar-refractivity contribution >= 4 is 11.6 Å². The first-order valence-corrected chi connectivity index (χ1v) is 6.21. The molecule has 1 amide bonds. The van der Waals surface area contributed by atoms with Gasteiger partial charge in [-0.3, -0.25) is 4.79 Å². The minimum atomic E-state index is -0.0793. The third-order valence-corrected chi connectivity index (χ3v) is 2.84. The largest absolute Gasteiger partial charge is 0.497 e. The second-order valence-corrected chi connectivity index (χ2v) is 4.30. The third-order valence-electron chi connectivity index (χ3n) is 2.84. The molecule has 2 rings (SSSR count). The molecule has 20 heavy (non-hydrogen) atoms. The van der Waals surface area contributed by atoms with E-state index in [1.807, 2.05) is 42.5 Å². The van der Waals surface area contributed by atoms with Gasteiger partial charge in [-0.05, 0) is 35.9 Å². The van der Waals surface area contributed by atoms with Crippen molar-refractivity contribution in [2.75, 3.05) is 12.4 Å². The quantitative estimate of drug-likeness (QED) is 0.863. The molecular weight excluding hydrogens is 250 g/mol. The highest BCUT2D eigenvalue weighted by Crippen LogP contribution is 2.13. The molecule has 0 aliphatic carbocycles. The molecule has 1 N–H and O–H groups in total. The first kappa shape index (κ1) is 13.7. The predicted molar refractivity (Wildman–Crippen MR) is 79.7 cm³/mol. The Morgan fingerprint density at radius 2 is 2.00 bits per heavy atom. The second kappa shape index (κ2) is 6.44. The minimum absolute atomic E-state index is 0.0793. The van der Waals surface area contributed by atoms with Gasteiger partial charge in [-0.1, -0.05) is 24.1 Å². The molecule has 0 fully saturated rings. The molecule has 0 heterocycles. The molecular formula is C17H15NO2. The van der Waals surface area contributed by atoms with E-state index in [2.05, 4.69) is 11.2 Å². The SMILES string of the molecule is C#Cc1cccc(NC(=O)Cc2ccc(OC)cc2)c1. The van der Waals surface area contributed by atoms with Crippen molar-refractivity contribution in [1.82, 2.24) is 0 Å². The number of ether oxygens (including phenoxy) is 1. The van der Waals surface area contributed by atoms with E-state index in [-0.39, 0.29) is 5.91 Å². The highest BCUT2D eigenvalue weighted by Gasteiger charge is 2.04. The summed E-state index contributed by atoms with van der Waals surface area (Å²) in [4.78, 5) is 11.9. The highest BCUT2D eigenvalue weighted by atomic mass is 16.5. The number of carbonyl (C=O) groups excluding carboxylic acids is 1. The van der Waals surface area contributed by atoms with Gasteiger partial charge in [0.2, 0.25) is 5.91 Å². The van der Waals surface area contributed by atoms with Crippen LogP contribution in [0.1, 0.15) is 11.1 Å². The van der Waals surface area contributed by atoms with E-state index in [1.54, 1.807) is 13.2 Å². The van der Waals surface area contributed by atoms with E-state index in [0.29, 0.717) is 12.1 Å². The average Bonchev–Trinajstić information content (AvgIpc) is 2.48. The Morgan fingerprint density at radius 3 is 2.65 bits per heavy atom. The van der Waals surface area contributed by atoms with Crippen LogP contribution in [-0.2, 0) is 11.2 Å². The average molecular weight is 265 g/mol. The number of hydrogen-bond acceptors (Lipinski definition) is 2. The van der Waals surface area contributed by atoms with Crippen molar-refractivity contribution in [2.45, 2.75) is 6.42 Å². The standard InChI is InChI=1S/C17H15NO2/c1-3-13-5-4-6-15(11-13)18-17(19)12-14-7-9-16(20-2)10-8-14/h1,4-11H,12H2,2H3,(H,18,19). The Hall–Kier alpha value is -2.73. The maximum Gasteiger partial charge on any atom is 0.228 e. The van der Waals surface area contributed by atoms with Crippen LogP contribution in [0.25, 0.3) is 0 Å². The first-order chi connectivity index (χ1) is 9.71. The molecule has 0 aliphatic rings. The van der Waals surface area contributed by atoms with Gasteiger partial charge in [0, 0.05) is 11.3 Å². The summed E-state index contributed by atoms with van der Waals surface area (Å²) in [5.41, 5.74) is 2.38. The molecule has 2 aromatic rings. The van der Waals surface area contributed by atoms with Crippen LogP contribution in [0, 0.1) is 12.3 Å². The van der Waals surface area contributed by atoms with Gasteiger partial charge in [0.25, 0.3) is 0 Å². The van der Waals surface area contributed by atoms with Crippen LogP contribution in [0.15, 0.2) is 48.5 Å². The van der Waals surface area contributed by atoms with Crippen LogP contribution >= 0.6 is 0 Å². The summed E-state index contributed by atoms with van der Waals surface area (Å²) in [5.74, 6) is 3.23. The van der Waals surface area contributed by atoms with Crippen molar-refractivity contribution in [2.24, 2.45) is 0 Å². The Morgan fingerprint density at radius 1 is 1.25 bits per heavy atom. The zero-order valence-corrected chi connectivity index (χ0v) is 11.2. The van der Waals surface area contributed by atoms with E-state index in [4.69, 9.17) is 11.2 Å². The summed E-state index contributed by atoms with van der Waals surface area (Å²) in [6.45, 7) is 0. The molecule has 3 nitrogen and oxygen atoms in total. The molecule has 0 atom stereocenters. The highest BCUT2D eigenvalue weighted by molar-refractivity contribution is 5.92. The van der Waals surface area contributed by atoms with Crippen LogP contribution in [0.3, 0.4) is 0 Å². The summed E-state index contributed by atoms with van der Waals surface area (Å²) in [7, 11) is 1.61. The summed E-state index contributed by atoms with van der Waals surface area (Å²) >= 11 is 0. The van der Waals surface area contributed by atoms with Gasteiger partial charge in [-0.15, -0.1) is 6.42 Å². The number of benzene rings is 2. The zero-order valence-electron chi connectivity index (χ0n) is 11.2. The zero-order chi connectivity index (χ0) is 14.4. The summed E-state index contributed by atoms with van der Waals surface area (Å²) in [5, 5.41) is 2.83. The first-order valence-electron chi connectivity index (χ1n) is 6.21. The summed E-state index contributed by atoms with van der Waals surface area (Å²) in [6.07, 6.45) is 5.64. The van der Waals surface area contributed by atoms with Crippen molar-refractivity contribution in [3.05, 3.63) is 59.7 Å². The molecule has 3 heteroatoms. The van der Waals surface area contributed by atoms with Gasteiger partial charge in [-0.2, -0.15) is 0 Å². The van der Waals surface area contributed by atoms with Gasteiger partial charge in [0.1, 0.15) is 5.75 Å². The number of carbonyl (C=O) groups is 1. The lowest BCUT2D eigenvalue weighted by Crippen LogP contribution is -2.14. The smallest absolute Gasteiger partial charge is 0.228 e. The van der Waals surface area contributed by atoms with Crippen molar-refractivity contribution in [3.8, 4) is 18.1 Å². The summed E-state index contributed by atoms with van der Waals surface area (Å²) < 4.78 is 5.08. The molecule has 0 saturated carbocycles. The van der Waals surface area contributed by atoms with E-state index in [0.717, 1.165) is 16.9 Å². The molecule has 2 aromatic carbocycles. The van der Waals surface area contributed by atoms with Gasteiger partial charge < -0.3 is 10.1 Å². The topological polar surface area (TPSA) is 38.3 Å². The predicted octanol–water partition coefficient (Wildman–Crippen LogP) is 2.86. The number of methoxy groups -OCH3 is 1. The van der Waals surface area contributed by atoms with Crippen molar-refractivity contribution < 1.29 is 9.53 Å². The van der Waals surface area contributed by atoms with Crippen molar-refractivity contribution in [1.29, 1.82) is 0 Å². The Kier molecular flexibility index (Phi) is 4.41. The van der Waals surface area contributed by atoms with E-state index >= 15 is 0 Å². The number of rotatable bonds is 4. The van der Waals surface area contributed by atoms with Crippen LogP contribution in [0.2, 0.25) is 0 Å². The maximum atomic E-state index is 11.9. The van der Waals surface area contributed by atoms with E-state index in [9.17, 15) is 4.79 Å². The lowest BCUT2D eigenvalue weighted by Gasteiger charge is -2.06. The monoisotopic (exact) mass is 265 g/mol. The van der Waals surface area contributed by atoms with Gasteiger partial charge >= 0.3 is 0 Å². The number of terminal acetylenes is 1. The van der Waals surface area contributed by atoms with Crippen molar-refractivity contribution in [3.63, 3.8) is 0 Å². The Bertz CT molecular complexity index is 639. The van der Waals surface area contributed by atoms with Gasteiger partial charge in [-0.25, -0.2) is 0 Å². The molecule has 0 spiro atoms. The Labute approximate surface area is 118 Å². The summed E-state index contributed by atoms with van der Waals surface area (Å²) in [6, 6.07) is 14.6. The third kappa shape index (κ3) is 3.63. The number of amides is 1. The molecule has 100 valence electrons.